The molecule has 1 fully saturated rings. The molecule has 1 N–H and O–H groups in total. The van der Waals surface area contributed by atoms with Crippen molar-refractivity contribution in [2.45, 2.75) is 6.61 Å². The van der Waals surface area contributed by atoms with E-state index in [0.717, 1.165) is 21.3 Å². The quantitative estimate of drug-likeness (QED) is 0.431. The van der Waals surface area contributed by atoms with Crippen LogP contribution >= 0.6 is 27.7 Å². The van der Waals surface area contributed by atoms with Crippen molar-refractivity contribution in [3.8, 4) is 11.5 Å². The molecule has 0 unspecified atom stereocenters. The predicted octanol–water partition coefficient (Wildman–Crippen LogP) is 5.93. The molecule has 5 nitrogen and oxygen atoms in total. The highest BCUT2D eigenvalue weighted by Crippen LogP contribution is 2.32. The van der Waals surface area contributed by atoms with Gasteiger partial charge in [0.25, 0.3) is 5.91 Å². The molecule has 31 heavy (non-hydrogen) atoms. The summed E-state index contributed by atoms with van der Waals surface area (Å²) in [6.45, 7) is 0.432. The zero-order valence-electron chi connectivity index (χ0n) is 16.7. The molecule has 0 bridgehead atoms. The Morgan fingerprint density at radius 2 is 1.81 bits per heavy atom. The average Bonchev–Trinajstić information content (AvgIpc) is 3.13. The number of nitrogens with zero attached hydrogens (tertiary/aromatic N) is 1. The van der Waals surface area contributed by atoms with Crippen molar-refractivity contribution in [3.63, 3.8) is 0 Å². The molecule has 3 aromatic rings. The first kappa shape index (κ1) is 21.2. The predicted molar refractivity (Wildman–Crippen MR) is 129 cm³/mol. The fourth-order valence-corrected chi connectivity index (χ4v) is 3.99. The van der Waals surface area contributed by atoms with E-state index in [1.54, 1.807) is 7.11 Å². The second-order valence-corrected chi connectivity index (χ2v) is 8.59. The van der Waals surface area contributed by atoms with Gasteiger partial charge in [-0.2, -0.15) is 0 Å². The van der Waals surface area contributed by atoms with E-state index in [-0.39, 0.29) is 5.91 Å². The number of carbonyl (C=O) groups excluding carboxylic acids is 1. The summed E-state index contributed by atoms with van der Waals surface area (Å²) >= 11 is 4.74. The summed E-state index contributed by atoms with van der Waals surface area (Å²) in [6, 6.07) is 23.1. The third kappa shape index (κ3) is 5.57. The minimum absolute atomic E-state index is 0.172. The Morgan fingerprint density at radius 1 is 1.03 bits per heavy atom. The molecule has 0 aliphatic carbocycles. The van der Waals surface area contributed by atoms with Gasteiger partial charge in [-0.25, -0.2) is 4.99 Å². The number of amidine groups is 1. The topological polar surface area (TPSA) is 59.9 Å². The first-order chi connectivity index (χ1) is 15.1. The third-order valence-corrected chi connectivity index (χ3v) is 5.87. The summed E-state index contributed by atoms with van der Waals surface area (Å²) in [4.78, 5) is 17.4. The second-order valence-electron chi connectivity index (χ2n) is 6.64. The average molecular weight is 495 g/mol. The van der Waals surface area contributed by atoms with Crippen molar-refractivity contribution >= 4 is 50.5 Å². The van der Waals surface area contributed by atoms with Gasteiger partial charge in [-0.3, -0.25) is 4.79 Å². The van der Waals surface area contributed by atoms with E-state index >= 15 is 0 Å². The van der Waals surface area contributed by atoms with Crippen LogP contribution in [0.4, 0.5) is 5.69 Å². The van der Waals surface area contributed by atoms with Gasteiger partial charge in [-0.05, 0) is 65.4 Å². The summed E-state index contributed by atoms with van der Waals surface area (Å²) in [5, 5.41) is 3.36. The number of halogens is 1. The Kier molecular flexibility index (Phi) is 6.74. The fourth-order valence-electron chi connectivity index (χ4n) is 2.89. The summed E-state index contributed by atoms with van der Waals surface area (Å²) in [5.74, 6) is 1.07. The minimum Gasteiger partial charge on any atom is -0.493 e. The zero-order valence-corrected chi connectivity index (χ0v) is 19.1. The summed E-state index contributed by atoms with van der Waals surface area (Å²) in [5.41, 5.74) is 2.69. The number of ether oxygens (including phenoxy) is 2. The van der Waals surface area contributed by atoms with Gasteiger partial charge in [0, 0.05) is 4.47 Å². The maximum Gasteiger partial charge on any atom is 0.264 e. The van der Waals surface area contributed by atoms with E-state index in [0.29, 0.717) is 28.2 Å². The number of methoxy groups -OCH3 is 1. The standard InChI is InChI=1S/C24H19BrN2O3S/c1-29-21-13-17(9-12-20(21)30-15-16-7-10-18(25)11-8-16)14-22-23(28)27-24(31-22)26-19-5-3-2-4-6-19/h2-14H,15H2,1H3,(H,26,27,28)/b22-14+. The van der Waals surface area contributed by atoms with Crippen LogP contribution in [0.3, 0.4) is 0 Å². The van der Waals surface area contributed by atoms with Gasteiger partial charge >= 0.3 is 0 Å². The van der Waals surface area contributed by atoms with Crippen LogP contribution in [0.15, 0.2) is 87.2 Å². The number of nitrogens with one attached hydrogen (secondary N) is 1. The van der Waals surface area contributed by atoms with E-state index in [9.17, 15) is 4.79 Å². The maximum absolute atomic E-state index is 12.3. The monoisotopic (exact) mass is 494 g/mol. The lowest BCUT2D eigenvalue weighted by atomic mass is 10.2. The lowest BCUT2D eigenvalue weighted by Crippen LogP contribution is -2.19. The first-order valence-corrected chi connectivity index (χ1v) is 11.1. The van der Waals surface area contributed by atoms with E-state index in [1.165, 1.54) is 11.8 Å². The van der Waals surface area contributed by atoms with Gasteiger partial charge in [0.2, 0.25) is 0 Å². The van der Waals surface area contributed by atoms with Crippen LogP contribution in [0.1, 0.15) is 11.1 Å². The lowest BCUT2D eigenvalue weighted by Gasteiger charge is -2.11. The third-order valence-electron chi connectivity index (χ3n) is 4.43. The van der Waals surface area contributed by atoms with Gasteiger partial charge in [-0.1, -0.05) is 52.3 Å². The smallest absolute Gasteiger partial charge is 0.264 e. The van der Waals surface area contributed by atoms with Crippen molar-refractivity contribution in [2.75, 3.05) is 7.11 Å². The normalized spacial score (nSPS) is 15.9. The SMILES string of the molecule is COc1cc(/C=C2/SC(=Nc3ccccc3)NC2=O)ccc1OCc1ccc(Br)cc1. The molecule has 1 aliphatic rings. The Hall–Kier alpha value is -3.03. The van der Waals surface area contributed by atoms with E-state index < -0.39 is 0 Å². The molecule has 0 spiro atoms. The highest BCUT2D eigenvalue weighted by Gasteiger charge is 2.24. The molecule has 0 aromatic heterocycles. The van der Waals surface area contributed by atoms with Crippen LogP contribution in [-0.4, -0.2) is 18.2 Å². The number of para-hydroxylation sites is 1. The molecule has 4 rings (SSSR count). The number of hydrogen-bond acceptors (Lipinski definition) is 5. The summed E-state index contributed by atoms with van der Waals surface area (Å²) in [6.07, 6.45) is 1.81. The largest absolute Gasteiger partial charge is 0.493 e. The number of thioether (sulfide) groups is 1. The summed E-state index contributed by atoms with van der Waals surface area (Å²) in [7, 11) is 1.60. The maximum atomic E-state index is 12.3. The molecule has 0 radical (unpaired) electrons. The van der Waals surface area contributed by atoms with Gasteiger partial charge in [0.05, 0.1) is 17.7 Å². The summed E-state index contributed by atoms with van der Waals surface area (Å²) < 4.78 is 12.4. The van der Waals surface area contributed by atoms with Crippen LogP contribution < -0.4 is 14.8 Å². The molecule has 1 saturated heterocycles. The van der Waals surface area contributed by atoms with Gasteiger partial charge < -0.3 is 14.8 Å². The van der Waals surface area contributed by atoms with Crippen LogP contribution in [0.5, 0.6) is 11.5 Å². The van der Waals surface area contributed by atoms with E-state index in [2.05, 4.69) is 26.2 Å². The molecule has 3 aromatic carbocycles. The number of aliphatic imine (C=N–C) groups is 1. The molecule has 156 valence electrons. The molecule has 0 saturated carbocycles. The Bertz CT molecular complexity index is 1150. The molecular weight excluding hydrogens is 476 g/mol. The van der Waals surface area contributed by atoms with E-state index in [1.807, 2.05) is 78.9 Å². The fraction of sp³-hybridized carbons (Fsp3) is 0.0833. The Labute approximate surface area is 193 Å². The van der Waals surface area contributed by atoms with Gasteiger partial charge in [0.15, 0.2) is 16.7 Å². The molecule has 1 heterocycles. The number of hydrogen-bond donors (Lipinski definition) is 1. The molecule has 1 amide bonds. The molecular formula is C24H19BrN2O3S. The molecule has 0 atom stereocenters. The van der Waals surface area contributed by atoms with Crippen LogP contribution in [0.2, 0.25) is 0 Å². The van der Waals surface area contributed by atoms with Crippen LogP contribution in [0, 0.1) is 0 Å². The molecule has 7 heteroatoms. The van der Waals surface area contributed by atoms with Crippen molar-refractivity contribution < 1.29 is 14.3 Å². The number of amides is 1. The Balaban J connectivity index is 1.48. The van der Waals surface area contributed by atoms with Crippen molar-refractivity contribution in [3.05, 3.63) is 93.3 Å². The first-order valence-electron chi connectivity index (χ1n) is 9.50. The van der Waals surface area contributed by atoms with Crippen molar-refractivity contribution in [1.82, 2.24) is 5.32 Å². The highest BCUT2D eigenvalue weighted by molar-refractivity contribution is 9.10. The number of rotatable bonds is 6. The number of carbonyl (C=O) groups is 1. The highest BCUT2D eigenvalue weighted by atomic mass is 79.9. The van der Waals surface area contributed by atoms with E-state index in [4.69, 9.17) is 9.47 Å². The van der Waals surface area contributed by atoms with Gasteiger partial charge in [0.1, 0.15) is 6.61 Å². The molecule has 1 aliphatic heterocycles. The van der Waals surface area contributed by atoms with Crippen LogP contribution in [0.25, 0.3) is 6.08 Å². The van der Waals surface area contributed by atoms with Crippen molar-refractivity contribution in [2.24, 2.45) is 4.99 Å². The Morgan fingerprint density at radius 3 is 2.55 bits per heavy atom. The van der Waals surface area contributed by atoms with Gasteiger partial charge in [-0.15, -0.1) is 0 Å². The van der Waals surface area contributed by atoms with Crippen LogP contribution in [-0.2, 0) is 11.4 Å². The minimum atomic E-state index is -0.172. The van der Waals surface area contributed by atoms with Crippen molar-refractivity contribution in [1.29, 1.82) is 0 Å². The number of benzene rings is 3. The zero-order chi connectivity index (χ0) is 21.6. The second kappa shape index (κ2) is 9.85. The lowest BCUT2D eigenvalue weighted by molar-refractivity contribution is -0.115.